The van der Waals surface area contributed by atoms with Gasteiger partial charge in [-0.05, 0) is 32.0 Å². The van der Waals surface area contributed by atoms with Crippen molar-refractivity contribution in [3.8, 4) is 5.75 Å². The Morgan fingerprint density at radius 3 is 2.66 bits per heavy atom. The van der Waals surface area contributed by atoms with E-state index in [9.17, 15) is 22.4 Å². The van der Waals surface area contributed by atoms with Crippen LogP contribution < -0.4 is 10.1 Å². The number of halogens is 4. The van der Waals surface area contributed by atoms with Gasteiger partial charge in [-0.25, -0.2) is 9.07 Å². The van der Waals surface area contributed by atoms with Gasteiger partial charge < -0.3 is 10.1 Å². The number of ether oxygens (including phenoxy) is 1. The summed E-state index contributed by atoms with van der Waals surface area (Å²) < 4.78 is 61.0. The molecule has 0 aliphatic rings. The molecule has 1 amide bonds. The van der Waals surface area contributed by atoms with Gasteiger partial charge in [0, 0.05) is 18.5 Å². The lowest BCUT2D eigenvalue weighted by Crippen LogP contribution is -2.13. The van der Waals surface area contributed by atoms with Gasteiger partial charge in [0.05, 0.1) is 22.0 Å². The van der Waals surface area contributed by atoms with Crippen LogP contribution >= 0.6 is 11.3 Å². The number of hydrogen-bond acceptors (Lipinski definition) is 5. The summed E-state index contributed by atoms with van der Waals surface area (Å²) in [6.07, 6.45) is -4.62. The average Bonchev–Trinajstić information content (AvgIpc) is 3.35. The van der Waals surface area contributed by atoms with Gasteiger partial charge in [0.1, 0.15) is 16.4 Å². The lowest BCUT2D eigenvalue weighted by molar-refractivity contribution is -0.140. The molecule has 0 saturated heterocycles. The zero-order valence-corrected chi connectivity index (χ0v) is 17.9. The third-order valence-electron chi connectivity index (χ3n) is 4.77. The fourth-order valence-corrected chi connectivity index (χ4v) is 4.20. The number of rotatable bonds is 5. The Balaban J connectivity index is 1.55. The number of benzene rings is 1. The molecule has 4 aromatic rings. The third-order valence-corrected chi connectivity index (χ3v) is 5.97. The maximum atomic E-state index is 13.3. The second-order valence-electron chi connectivity index (χ2n) is 7.03. The Bertz CT molecular complexity index is 1320. The average molecular weight is 467 g/mol. The monoisotopic (exact) mass is 467 g/mol. The van der Waals surface area contributed by atoms with E-state index >= 15 is 0 Å². The number of aryl methyl sites for hydroxylation is 2. The van der Waals surface area contributed by atoms with Crippen LogP contribution in [0.3, 0.4) is 0 Å². The van der Waals surface area contributed by atoms with Crippen LogP contribution in [0.4, 0.5) is 23.2 Å². The number of nitrogens with one attached hydrogen (secondary N) is 1. The number of nitrogens with zero attached hydrogens (tertiary/aromatic N) is 4. The molecule has 7 nitrogen and oxygen atoms in total. The molecular weight excluding hydrogens is 450 g/mol. The molecule has 12 heteroatoms. The van der Waals surface area contributed by atoms with Gasteiger partial charge >= 0.3 is 6.18 Å². The smallest absolute Gasteiger partial charge is 0.435 e. The van der Waals surface area contributed by atoms with Gasteiger partial charge in [-0.2, -0.15) is 23.4 Å². The number of thiophene rings is 1. The summed E-state index contributed by atoms with van der Waals surface area (Å²) in [5.74, 6) is -0.672. The van der Waals surface area contributed by atoms with Crippen LogP contribution in [0.15, 0.2) is 30.3 Å². The van der Waals surface area contributed by atoms with Crippen molar-refractivity contribution in [1.29, 1.82) is 0 Å². The standard InChI is InChI=1S/C20H17F4N5O2S/c1-10-16(11(2)29(26-10)9-31-13-6-4-5-12(21)7-13)25-18(30)15-8-14-17(20(22,23)24)27-28(3)19(14)32-15/h4-8H,9H2,1-3H3,(H,25,30). The predicted octanol–water partition coefficient (Wildman–Crippen LogP) is 4.89. The van der Waals surface area contributed by atoms with Crippen LogP contribution in [-0.2, 0) is 20.0 Å². The number of anilines is 1. The molecule has 168 valence electrons. The van der Waals surface area contributed by atoms with Gasteiger partial charge in [-0.3, -0.25) is 9.48 Å². The highest BCUT2D eigenvalue weighted by atomic mass is 32.1. The second kappa shape index (κ2) is 7.93. The van der Waals surface area contributed by atoms with Gasteiger partial charge in [0.25, 0.3) is 5.91 Å². The van der Waals surface area contributed by atoms with Gasteiger partial charge in [0.2, 0.25) is 0 Å². The number of carbonyl (C=O) groups excluding carboxylic acids is 1. The Morgan fingerprint density at radius 1 is 1.22 bits per heavy atom. The quantitative estimate of drug-likeness (QED) is 0.424. The van der Waals surface area contributed by atoms with Crippen molar-refractivity contribution >= 4 is 33.1 Å². The largest absolute Gasteiger partial charge is 0.471 e. The summed E-state index contributed by atoms with van der Waals surface area (Å²) in [4.78, 5) is 13.1. The van der Waals surface area contributed by atoms with E-state index in [1.165, 1.54) is 36.0 Å². The van der Waals surface area contributed by atoms with E-state index in [2.05, 4.69) is 15.5 Å². The predicted molar refractivity (Wildman–Crippen MR) is 110 cm³/mol. The normalized spacial score (nSPS) is 11.8. The molecular formula is C20H17F4N5O2S. The highest BCUT2D eigenvalue weighted by molar-refractivity contribution is 7.20. The number of alkyl halides is 3. The number of amides is 1. The number of fused-ring (bicyclic) bond motifs is 1. The lowest BCUT2D eigenvalue weighted by atomic mass is 10.2. The van der Waals surface area contributed by atoms with E-state index in [1.807, 2.05) is 0 Å². The second-order valence-corrected chi connectivity index (χ2v) is 8.06. The highest BCUT2D eigenvalue weighted by Gasteiger charge is 2.37. The van der Waals surface area contributed by atoms with Crippen molar-refractivity contribution in [3.05, 3.63) is 58.1 Å². The minimum Gasteiger partial charge on any atom is -0.471 e. The molecule has 32 heavy (non-hydrogen) atoms. The molecule has 3 heterocycles. The van der Waals surface area contributed by atoms with Crippen molar-refractivity contribution in [2.24, 2.45) is 7.05 Å². The molecule has 0 aliphatic heterocycles. The first-order chi connectivity index (χ1) is 15.0. The molecule has 0 bridgehead atoms. The molecule has 1 N–H and O–H groups in total. The van der Waals surface area contributed by atoms with Gasteiger partial charge in [-0.1, -0.05) is 6.07 Å². The maximum absolute atomic E-state index is 13.3. The minimum absolute atomic E-state index is 0.0184. The van der Waals surface area contributed by atoms with Crippen molar-refractivity contribution in [2.75, 3.05) is 5.32 Å². The van der Waals surface area contributed by atoms with Gasteiger partial charge in [-0.15, -0.1) is 11.3 Å². The first kappa shape index (κ1) is 21.8. The highest BCUT2D eigenvalue weighted by Crippen LogP contribution is 2.37. The van der Waals surface area contributed by atoms with E-state index < -0.39 is 23.6 Å². The van der Waals surface area contributed by atoms with Crippen LogP contribution in [-0.4, -0.2) is 25.5 Å². The molecule has 0 atom stereocenters. The Morgan fingerprint density at radius 2 is 1.97 bits per heavy atom. The summed E-state index contributed by atoms with van der Waals surface area (Å²) in [6, 6.07) is 6.84. The lowest BCUT2D eigenvalue weighted by Gasteiger charge is -2.09. The first-order valence-corrected chi connectivity index (χ1v) is 10.1. The zero-order chi connectivity index (χ0) is 23.2. The summed E-state index contributed by atoms with van der Waals surface area (Å²) in [5, 5.41) is 10.4. The number of carbonyl (C=O) groups is 1. The number of aromatic nitrogens is 4. The Labute approximate surface area is 183 Å². The Kier molecular flexibility index (Phi) is 5.41. The third kappa shape index (κ3) is 4.05. The van der Waals surface area contributed by atoms with E-state index in [-0.39, 0.29) is 21.8 Å². The van der Waals surface area contributed by atoms with Gasteiger partial charge in [0.15, 0.2) is 12.4 Å². The molecule has 0 radical (unpaired) electrons. The van der Waals surface area contributed by atoms with E-state index in [4.69, 9.17) is 4.74 Å². The summed E-state index contributed by atoms with van der Waals surface area (Å²) >= 11 is 0.917. The molecule has 0 fully saturated rings. The SMILES string of the molecule is Cc1nn(COc2cccc(F)c2)c(C)c1NC(=O)c1cc2c(C(F)(F)F)nn(C)c2s1. The first-order valence-electron chi connectivity index (χ1n) is 9.32. The molecule has 4 rings (SSSR count). The van der Waals surface area contributed by atoms with Crippen molar-refractivity contribution in [1.82, 2.24) is 19.6 Å². The van der Waals surface area contributed by atoms with Crippen LogP contribution in [0.25, 0.3) is 10.2 Å². The van der Waals surface area contributed by atoms with E-state index in [1.54, 1.807) is 19.9 Å². The van der Waals surface area contributed by atoms with Crippen LogP contribution in [0, 0.1) is 19.7 Å². The molecule has 0 spiro atoms. The zero-order valence-electron chi connectivity index (χ0n) is 17.1. The fraction of sp³-hybridized carbons (Fsp3) is 0.250. The molecule has 1 aromatic carbocycles. The van der Waals surface area contributed by atoms with Crippen LogP contribution in [0.2, 0.25) is 0 Å². The minimum atomic E-state index is -4.62. The van der Waals surface area contributed by atoms with Crippen LogP contribution in [0.5, 0.6) is 5.75 Å². The van der Waals surface area contributed by atoms with Crippen LogP contribution in [0.1, 0.15) is 26.8 Å². The molecule has 0 saturated carbocycles. The van der Waals surface area contributed by atoms with Crippen molar-refractivity contribution in [3.63, 3.8) is 0 Å². The summed E-state index contributed by atoms with van der Waals surface area (Å²) in [5.41, 5.74) is 0.466. The van der Waals surface area contributed by atoms with Crippen molar-refractivity contribution in [2.45, 2.75) is 26.8 Å². The topological polar surface area (TPSA) is 74.0 Å². The Hall–Kier alpha value is -3.41. The maximum Gasteiger partial charge on any atom is 0.435 e. The molecule has 0 unspecified atom stereocenters. The summed E-state index contributed by atoms with van der Waals surface area (Å²) in [6.45, 7) is 3.37. The molecule has 3 aromatic heterocycles. The number of hydrogen-bond donors (Lipinski definition) is 1. The summed E-state index contributed by atoms with van der Waals surface area (Å²) in [7, 11) is 1.40. The molecule has 0 aliphatic carbocycles. The van der Waals surface area contributed by atoms with Crippen molar-refractivity contribution < 1.29 is 27.1 Å². The van der Waals surface area contributed by atoms with E-state index in [0.29, 0.717) is 22.8 Å². The van der Waals surface area contributed by atoms with E-state index in [0.717, 1.165) is 16.0 Å². The fourth-order valence-electron chi connectivity index (χ4n) is 3.23.